The number of anilines is 1. The molecule has 0 unspecified atom stereocenters. The van der Waals surface area contributed by atoms with Gasteiger partial charge in [0.05, 0.1) is 6.20 Å². The molecule has 5 nitrogen and oxygen atoms in total. The molecule has 0 bridgehead atoms. The number of hydrogen-bond donors (Lipinski definition) is 1. The lowest BCUT2D eigenvalue weighted by atomic mass is 10.5. The van der Waals surface area contributed by atoms with Gasteiger partial charge in [-0.3, -0.25) is 9.20 Å². The molecule has 1 N–H and O–H groups in total. The van der Waals surface area contributed by atoms with Crippen LogP contribution in [0.4, 0.5) is 19.0 Å². The summed E-state index contributed by atoms with van der Waals surface area (Å²) in [5.41, 5.74) is 0. The topological polar surface area (TPSA) is 59.3 Å². The minimum Gasteiger partial charge on any atom is -0.301 e. The third kappa shape index (κ3) is 2.65. The molecule has 2 aromatic heterocycles. The predicted octanol–water partition coefficient (Wildman–Crippen LogP) is 1.83. The second-order valence-corrected chi connectivity index (χ2v) is 4.30. The summed E-state index contributed by atoms with van der Waals surface area (Å²) in [6.07, 6.45) is -0.539. The minimum atomic E-state index is -4.93. The summed E-state index contributed by atoms with van der Waals surface area (Å²) in [5.74, 6) is -2.04. The van der Waals surface area contributed by atoms with Crippen LogP contribution in [0.15, 0.2) is 18.6 Å². The van der Waals surface area contributed by atoms with E-state index in [0.717, 1.165) is 3.57 Å². The highest BCUT2D eigenvalue weighted by Crippen LogP contribution is 2.18. The number of aromatic nitrogens is 3. The Labute approximate surface area is 106 Å². The Hall–Kier alpha value is -1.39. The Balaban J connectivity index is 2.29. The lowest BCUT2D eigenvalue weighted by Crippen LogP contribution is -2.30. The van der Waals surface area contributed by atoms with E-state index in [9.17, 15) is 18.0 Å². The summed E-state index contributed by atoms with van der Waals surface area (Å²) in [5, 5.41) is 1.65. The van der Waals surface area contributed by atoms with Gasteiger partial charge in [-0.1, -0.05) is 0 Å². The lowest BCUT2D eigenvalue weighted by Gasteiger charge is -2.03. The quantitative estimate of drug-likeness (QED) is 0.794. The van der Waals surface area contributed by atoms with Gasteiger partial charge >= 0.3 is 12.1 Å². The number of nitrogens with one attached hydrogen (secondary N) is 1. The molecule has 2 rings (SSSR count). The zero-order chi connectivity index (χ0) is 12.6. The summed E-state index contributed by atoms with van der Waals surface area (Å²) in [7, 11) is 0. The molecule has 17 heavy (non-hydrogen) atoms. The van der Waals surface area contributed by atoms with E-state index >= 15 is 0 Å². The number of hydrogen-bond acceptors (Lipinski definition) is 3. The van der Waals surface area contributed by atoms with Crippen LogP contribution in [-0.4, -0.2) is 26.5 Å². The Morgan fingerprint density at radius 1 is 1.41 bits per heavy atom. The minimum absolute atomic E-state index is 0.193. The van der Waals surface area contributed by atoms with Gasteiger partial charge in [0.15, 0.2) is 5.82 Å². The van der Waals surface area contributed by atoms with Crippen molar-refractivity contribution in [2.24, 2.45) is 0 Å². The molecule has 0 aliphatic carbocycles. The molecule has 0 saturated carbocycles. The third-order valence-electron chi connectivity index (χ3n) is 1.78. The zero-order valence-corrected chi connectivity index (χ0v) is 10.2. The van der Waals surface area contributed by atoms with Crippen molar-refractivity contribution in [1.29, 1.82) is 0 Å². The van der Waals surface area contributed by atoms with Crippen LogP contribution >= 0.6 is 22.6 Å². The van der Waals surface area contributed by atoms with Gasteiger partial charge in [-0.25, -0.2) is 4.98 Å². The van der Waals surface area contributed by atoms with E-state index in [1.165, 1.54) is 16.8 Å². The maximum absolute atomic E-state index is 12.0. The summed E-state index contributed by atoms with van der Waals surface area (Å²) in [6.45, 7) is 0. The first-order valence-electron chi connectivity index (χ1n) is 4.25. The van der Waals surface area contributed by atoms with Gasteiger partial charge in [-0.15, -0.1) is 0 Å². The van der Waals surface area contributed by atoms with Gasteiger partial charge in [-0.05, 0) is 22.6 Å². The smallest absolute Gasteiger partial charge is 0.301 e. The Kier molecular flexibility index (Phi) is 2.93. The van der Waals surface area contributed by atoms with Crippen LogP contribution in [0.5, 0.6) is 0 Å². The van der Waals surface area contributed by atoms with Crippen molar-refractivity contribution < 1.29 is 18.0 Å². The maximum atomic E-state index is 12.0. The number of halogens is 4. The third-order valence-corrected chi connectivity index (χ3v) is 2.33. The second-order valence-electron chi connectivity index (χ2n) is 3.06. The van der Waals surface area contributed by atoms with Crippen molar-refractivity contribution in [2.45, 2.75) is 6.18 Å². The molecule has 0 fully saturated rings. The average Bonchev–Trinajstić information content (AvgIpc) is 2.57. The van der Waals surface area contributed by atoms with Crippen molar-refractivity contribution in [3.05, 3.63) is 22.2 Å². The summed E-state index contributed by atoms with van der Waals surface area (Å²) >= 11 is 2.00. The first kappa shape index (κ1) is 12.1. The predicted molar refractivity (Wildman–Crippen MR) is 60.4 cm³/mol. The molecule has 0 saturated heterocycles. The number of amides is 1. The molecular weight excluding hydrogens is 352 g/mol. The number of alkyl halides is 3. The number of nitrogens with zero attached hydrogens (tertiary/aromatic N) is 3. The number of carbonyl (C=O) groups is 1. The molecule has 2 heterocycles. The molecule has 0 atom stereocenters. The fourth-order valence-electron chi connectivity index (χ4n) is 1.11. The average molecular weight is 356 g/mol. The van der Waals surface area contributed by atoms with E-state index in [0.29, 0.717) is 0 Å². The second kappa shape index (κ2) is 4.13. The van der Waals surface area contributed by atoms with Crippen molar-refractivity contribution in [1.82, 2.24) is 14.4 Å². The van der Waals surface area contributed by atoms with Crippen LogP contribution in [0, 0.1) is 3.57 Å². The van der Waals surface area contributed by atoms with E-state index < -0.39 is 12.1 Å². The van der Waals surface area contributed by atoms with Gasteiger partial charge < -0.3 is 5.32 Å². The maximum Gasteiger partial charge on any atom is 0.471 e. The number of imidazole rings is 1. The molecule has 1 amide bonds. The monoisotopic (exact) mass is 356 g/mol. The van der Waals surface area contributed by atoms with E-state index in [-0.39, 0.29) is 11.6 Å². The van der Waals surface area contributed by atoms with E-state index in [2.05, 4.69) is 9.97 Å². The fraction of sp³-hybridized carbons (Fsp3) is 0.125. The first-order valence-corrected chi connectivity index (χ1v) is 5.32. The highest BCUT2D eigenvalue weighted by atomic mass is 127. The van der Waals surface area contributed by atoms with Crippen molar-refractivity contribution in [3.8, 4) is 0 Å². The van der Waals surface area contributed by atoms with E-state index in [4.69, 9.17) is 0 Å². The van der Waals surface area contributed by atoms with E-state index in [1.807, 2.05) is 22.6 Å². The Bertz CT molecular complexity index is 580. The Morgan fingerprint density at radius 2 is 2.12 bits per heavy atom. The molecule has 0 spiro atoms. The molecule has 2 aromatic rings. The number of carbonyl (C=O) groups excluding carboxylic acids is 1. The summed E-state index contributed by atoms with van der Waals surface area (Å²) < 4.78 is 38.2. The van der Waals surface area contributed by atoms with Crippen LogP contribution in [0.1, 0.15) is 0 Å². The normalized spacial score (nSPS) is 11.8. The van der Waals surface area contributed by atoms with E-state index in [1.54, 1.807) is 11.5 Å². The van der Waals surface area contributed by atoms with Crippen molar-refractivity contribution >= 4 is 40.1 Å². The SMILES string of the molecule is O=C(Nc1cn2cc(I)cnc2n1)C(F)(F)F. The van der Waals surface area contributed by atoms with Gasteiger partial charge in [0.2, 0.25) is 5.78 Å². The zero-order valence-electron chi connectivity index (χ0n) is 7.99. The number of fused-ring (bicyclic) bond motifs is 1. The molecule has 0 aliphatic rings. The van der Waals surface area contributed by atoms with Gasteiger partial charge in [0.25, 0.3) is 0 Å². The van der Waals surface area contributed by atoms with Crippen LogP contribution in [0.2, 0.25) is 0 Å². The summed E-state index contributed by atoms with van der Waals surface area (Å²) in [6, 6.07) is 0. The molecule has 0 radical (unpaired) electrons. The standard InChI is InChI=1S/C8H4F3IN4O/c9-8(10,11)6(17)14-5-3-16-2-4(12)1-13-7(16)15-5/h1-3H,(H,14,17). The summed E-state index contributed by atoms with van der Waals surface area (Å²) in [4.78, 5) is 18.3. The fourth-order valence-corrected chi connectivity index (χ4v) is 1.55. The van der Waals surface area contributed by atoms with Crippen LogP contribution in [0.25, 0.3) is 5.78 Å². The molecular formula is C8H4F3IN4O. The Morgan fingerprint density at radius 3 is 2.76 bits per heavy atom. The highest BCUT2D eigenvalue weighted by molar-refractivity contribution is 14.1. The molecule has 0 aromatic carbocycles. The van der Waals surface area contributed by atoms with Crippen molar-refractivity contribution in [3.63, 3.8) is 0 Å². The molecule has 90 valence electrons. The first-order chi connectivity index (χ1) is 7.86. The van der Waals surface area contributed by atoms with Gasteiger partial charge in [0, 0.05) is 16.0 Å². The molecule has 0 aliphatic heterocycles. The van der Waals surface area contributed by atoms with Crippen LogP contribution < -0.4 is 5.32 Å². The van der Waals surface area contributed by atoms with Crippen molar-refractivity contribution in [2.75, 3.05) is 5.32 Å². The number of rotatable bonds is 1. The van der Waals surface area contributed by atoms with Gasteiger partial charge in [-0.2, -0.15) is 18.2 Å². The van der Waals surface area contributed by atoms with Crippen LogP contribution in [-0.2, 0) is 4.79 Å². The van der Waals surface area contributed by atoms with Crippen LogP contribution in [0.3, 0.4) is 0 Å². The molecule has 9 heteroatoms. The lowest BCUT2D eigenvalue weighted by molar-refractivity contribution is -0.167. The highest BCUT2D eigenvalue weighted by Gasteiger charge is 2.39. The van der Waals surface area contributed by atoms with Gasteiger partial charge in [0.1, 0.15) is 0 Å². The largest absolute Gasteiger partial charge is 0.471 e.